The van der Waals surface area contributed by atoms with Crippen molar-refractivity contribution in [3.63, 3.8) is 0 Å². The lowest BCUT2D eigenvalue weighted by Crippen LogP contribution is -2.33. The van der Waals surface area contributed by atoms with Crippen LogP contribution in [-0.2, 0) is 13.1 Å². The summed E-state index contributed by atoms with van der Waals surface area (Å²) in [5.41, 5.74) is 2.07. The van der Waals surface area contributed by atoms with Crippen molar-refractivity contribution in [1.29, 1.82) is 0 Å². The van der Waals surface area contributed by atoms with Gasteiger partial charge in [-0.3, -0.25) is 4.68 Å². The first-order chi connectivity index (χ1) is 8.61. The van der Waals surface area contributed by atoms with E-state index >= 15 is 0 Å². The molecule has 0 amide bonds. The largest absolute Gasteiger partial charge is 0.308 e. The fraction of sp³-hybridized carbons (Fsp3) is 0.786. The molecule has 102 valence electrons. The van der Waals surface area contributed by atoms with E-state index in [2.05, 4.69) is 24.3 Å². The summed E-state index contributed by atoms with van der Waals surface area (Å²) >= 11 is 6.31. The van der Waals surface area contributed by atoms with E-state index < -0.39 is 0 Å². The summed E-state index contributed by atoms with van der Waals surface area (Å²) < 4.78 is 2.01. The molecule has 0 unspecified atom stereocenters. The number of halogens is 1. The highest BCUT2D eigenvalue weighted by Gasteiger charge is 2.19. The van der Waals surface area contributed by atoms with E-state index in [-0.39, 0.29) is 0 Å². The average Bonchev–Trinajstić information content (AvgIpc) is 2.65. The summed E-state index contributed by atoms with van der Waals surface area (Å²) in [6.45, 7) is 8.15. The molecule has 1 saturated carbocycles. The normalized spacial score (nSPS) is 24.4. The van der Waals surface area contributed by atoms with Crippen LogP contribution < -0.4 is 5.32 Å². The third-order valence-corrected chi connectivity index (χ3v) is 4.52. The molecule has 2 rings (SSSR count). The SMILES string of the molecule is CCn1nc(C)c(Cl)c1CNC1CCC(C)CC1. The van der Waals surface area contributed by atoms with Gasteiger partial charge in [-0.2, -0.15) is 5.10 Å². The van der Waals surface area contributed by atoms with Crippen molar-refractivity contribution in [2.24, 2.45) is 5.92 Å². The standard InChI is InChI=1S/C14H24ClN3/c1-4-18-13(14(15)11(3)17-18)9-16-12-7-5-10(2)6-8-12/h10,12,16H,4-9H2,1-3H3. The molecule has 1 N–H and O–H groups in total. The van der Waals surface area contributed by atoms with Gasteiger partial charge < -0.3 is 5.32 Å². The molecule has 1 aliphatic rings. The molecular weight excluding hydrogens is 246 g/mol. The van der Waals surface area contributed by atoms with Crippen LogP contribution in [-0.4, -0.2) is 15.8 Å². The molecule has 0 spiro atoms. The summed E-state index contributed by atoms with van der Waals surface area (Å²) in [5.74, 6) is 0.898. The molecule has 1 aliphatic carbocycles. The first-order valence-corrected chi connectivity index (χ1v) is 7.44. The average molecular weight is 270 g/mol. The van der Waals surface area contributed by atoms with Crippen molar-refractivity contribution in [2.75, 3.05) is 0 Å². The maximum Gasteiger partial charge on any atom is 0.0860 e. The number of nitrogens with one attached hydrogen (secondary N) is 1. The lowest BCUT2D eigenvalue weighted by atomic mass is 9.87. The van der Waals surface area contributed by atoms with E-state index in [1.165, 1.54) is 25.7 Å². The quantitative estimate of drug-likeness (QED) is 0.906. The summed E-state index contributed by atoms with van der Waals surface area (Å²) in [6.07, 6.45) is 5.27. The van der Waals surface area contributed by atoms with Crippen LogP contribution in [0.5, 0.6) is 0 Å². The number of hydrogen-bond acceptors (Lipinski definition) is 2. The summed E-state index contributed by atoms with van der Waals surface area (Å²) in [7, 11) is 0. The minimum absolute atomic E-state index is 0.651. The summed E-state index contributed by atoms with van der Waals surface area (Å²) in [6, 6.07) is 0.651. The molecule has 1 aromatic rings. The van der Waals surface area contributed by atoms with Gasteiger partial charge in [-0.25, -0.2) is 0 Å². The molecule has 4 heteroatoms. The van der Waals surface area contributed by atoms with Gasteiger partial charge in [0.2, 0.25) is 0 Å². The Morgan fingerprint density at radius 2 is 2.00 bits per heavy atom. The Morgan fingerprint density at radius 3 is 2.61 bits per heavy atom. The van der Waals surface area contributed by atoms with Gasteiger partial charge in [-0.1, -0.05) is 18.5 Å². The van der Waals surface area contributed by atoms with Crippen molar-refractivity contribution in [1.82, 2.24) is 15.1 Å². The predicted octanol–water partition coefficient (Wildman–Crippen LogP) is 3.53. The van der Waals surface area contributed by atoms with Crippen LogP contribution in [0, 0.1) is 12.8 Å². The second-order valence-corrected chi connectivity index (χ2v) is 5.88. The lowest BCUT2D eigenvalue weighted by molar-refractivity contribution is 0.304. The smallest absolute Gasteiger partial charge is 0.0860 e. The van der Waals surface area contributed by atoms with Crippen molar-refractivity contribution < 1.29 is 0 Å². The van der Waals surface area contributed by atoms with Gasteiger partial charge in [-0.05, 0) is 45.4 Å². The zero-order valence-corrected chi connectivity index (χ0v) is 12.4. The van der Waals surface area contributed by atoms with E-state index in [9.17, 15) is 0 Å². The lowest BCUT2D eigenvalue weighted by Gasteiger charge is -2.27. The van der Waals surface area contributed by atoms with Gasteiger partial charge in [-0.15, -0.1) is 0 Å². The molecular formula is C14H24ClN3. The number of hydrogen-bond donors (Lipinski definition) is 1. The van der Waals surface area contributed by atoms with Crippen LogP contribution in [0.25, 0.3) is 0 Å². The Kier molecular flexibility index (Phi) is 4.68. The Balaban J connectivity index is 1.93. The second kappa shape index (κ2) is 6.07. The highest BCUT2D eigenvalue weighted by atomic mass is 35.5. The highest BCUT2D eigenvalue weighted by molar-refractivity contribution is 6.31. The molecule has 0 aliphatic heterocycles. The molecule has 0 radical (unpaired) electrons. The van der Waals surface area contributed by atoms with E-state index in [0.717, 1.165) is 35.4 Å². The van der Waals surface area contributed by atoms with Gasteiger partial charge in [0.05, 0.1) is 16.4 Å². The van der Waals surface area contributed by atoms with E-state index in [4.69, 9.17) is 11.6 Å². The van der Waals surface area contributed by atoms with Gasteiger partial charge in [0, 0.05) is 19.1 Å². The minimum Gasteiger partial charge on any atom is -0.308 e. The fourth-order valence-electron chi connectivity index (χ4n) is 2.74. The maximum absolute atomic E-state index is 6.31. The molecule has 0 bridgehead atoms. The van der Waals surface area contributed by atoms with Crippen molar-refractivity contribution in [3.05, 3.63) is 16.4 Å². The van der Waals surface area contributed by atoms with Crippen molar-refractivity contribution in [3.8, 4) is 0 Å². The van der Waals surface area contributed by atoms with Crippen LogP contribution in [0.4, 0.5) is 0 Å². The van der Waals surface area contributed by atoms with Crippen LogP contribution in [0.15, 0.2) is 0 Å². The number of nitrogens with zero attached hydrogens (tertiary/aromatic N) is 2. The predicted molar refractivity (Wildman–Crippen MR) is 75.9 cm³/mol. The maximum atomic E-state index is 6.31. The Hall–Kier alpha value is -0.540. The monoisotopic (exact) mass is 269 g/mol. The third-order valence-electron chi connectivity index (χ3n) is 4.03. The van der Waals surface area contributed by atoms with Gasteiger partial charge >= 0.3 is 0 Å². The van der Waals surface area contributed by atoms with E-state index in [0.29, 0.717) is 6.04 Å². The molecule has 18 heavy (non-hydrogen) atoms. The first kappa shape index (κ1) is 13.9. The Morgan fingerprint density at radius 1 is 1.33 bits per heavy atom. The highest BCUT2D eigenvalue weighted by Crippen LogP contribution is 2.25. The van der Waals surface area contributed by atoms with Gasteiger partial charge in [0.15, 0.2) is 0 Å². The van der Waals surface area contributed by atoms with Crippen LogP contribution in [0.2, 0.25) is 5.02 Å². The Labute approximate surface area is 115 Å². The summed E-state index contributed by atoms with van der Waals surface area (Å²) in [4.78, 5) is 0. The molecule has 3 nitrogen and oxygen atoms in total. The number of aryl methyl sites for hydroxylation is 2. The molecule has 1 fully saturated rings. The fourth-order valence-corrected chi connectivity index (χ4v) is 2.95. The number of rotatable bonds is 4. The first-order valence-electron chi connectivity index (χ1n) is 7.07. The zero-order chi connectivity index (χ0) is 13.1. The summed E-state index contributed by atoms with van der Waals surface area (Å²) in [5, 5.41) is 8.92. The molecule has 0 saturated heterocycles. The topological polar surface area (TPSA) is 29.9 Å². The van der Waals surface area contributed by atoms with Crippen LogP contribution in [0.1, 0.15) is 50.9 Å². The van der Waals surface area contributed by atoms with Gasteiger partial charge in [0.1, 0.15) is 0 Å². The van der Waals surface area contributed by atoms with Crippen molar-refractivity contribution >= 4 is 11.6 Å². The third kappa shape index (κ3) is 3.07. The molecule has 0 atom stereocenters. The van der Waals surface area contributed by atoms with Crippen LogP contribution in [0.3, 0.4) is 0 Å². The van der Waals surface area contributed by atoms with Crippen molar-refractivity contribution in [2.45, 2.75) is 65.6 Å². The Bertz CT molecular complexity index is 392. The molecule has 1 heterocycles. The van der Waals surface area contributed by atoms with Crippen LogP contribution >= 0.6 is 11.6 Å². The zero-order valence-electron chi connectivity index (χ0n) is 11.7. The van der Waals surface area contributed by atoms with E-state index in [1.807, 2.05) is 11.6 Å². The minimum atomic E-state index is 0.651. The molecule has 0 aromatic carbocycles. The van der Waals surface area contributed by atoms with Gasteiger partial charge in [0.25, 0.3) is 0 Å². The molecule has 1 aromatic heterocycles. The second-order valence-electron chi connectivity index (χ2n) is 5.50. The number of aromatic nitrogens is 2. The van der Waals surface area contributed by atoms with E-state index in [1.54, 1.807) is 0 Å².